The van der Waals surface area contributed by atoms with Crippen LogP contribution in [0.15, 0.2) is 42.5 Å². The van der Waals surface area contributed by atoms with E-state index in [1.54, 1.807) is 12.1 Å². The third-order valence-electron chi connectivity index (χ3n) is 4.29. The highest BCUT2D eigenvalue weighted by Gasteiger charge is 2.45. The summed E-state index contributed by atoms with van der Waals surface area (Å²) in [7, 11) is 0. The monoisotopic (exact) mass is 288 g/mol. The van der Waals surface area contributed by atoms with Crippen LogP contribution in [0.25, 0.3) is 0 Å². The van der Waals surface area contributed by atoms with E-state index in [9.17, 15) is 18.7 Å². The highest BCUT2D eigenvalue weighted by Crippen LogP contribution is 2.42. The zero-order valence-electron chi connectivity index (χ0n) is 11.3. The number of fused-ring (bicyclic) bond motifs is 1. The van der Waals surface area contributed by atoms with Crippen LogP contribution in [0.1, 0.15) is 23.1 Å². The van der Waals surface area contributed by atoms with Crippen molar-refractivity contribution in [2.45, 2.75) is 24.7 Å². The van der Waals surface area contributed by atoms with Crippen LogP contribution in [0, 0.1) is 11.6 Å². The highest BCUT2D eigenvalue weighted by atomic mass is 19.2. The van der Waals surface area contributed by atoms with Crippen molar-refractivity contribution in [2.24, 2.45) is 0 Å². The van der Waals surface area contributed by atoms with E-state index in [1.807, 2.05) is 12.1 Å². The number of carboxylic acids is 1. The third-order valence-corrected chi connectivity index (χ3v) is 4.29. The van der Waals surface area contributed by atoms with Crippen LogP contribution in [-0.4, -0.2) is 11.1 Å². The lowest BCUT2D eigenvalue weighted by atomic mass is 9.76. The van der Waals surface area contributed by atoms with Crippen LogP contribution in [0.3, 0.4) is 0 Å². The average Bonchev–Trinajstić information content (AvgIpc) is 2.84. The third kappa shape index (κ3) is 2.11. The number of aryl methyl sites for hydroxylation is 1. The molecule has 0 bridgehead atoms. The van der Waals surface area contributed by atoms with Crippen LogP contribution in [0.4, 0.5) is 8.78 Å². The van der Waals surface area contributed by atoms with Gasteiger partial charge in [-0.2, -0.15) is 0 Å². The maximum Gasteiger partial charge on any atom is 0.314 e. The maximum atomic E-state index is 13.9. The van der Waals surface area contributed by atoms with Crippen molar-refractivity contribution >= 4 is 5.97 Å². The van der Waals surface area contributed by atoms with Crippen molar-refractivity contribution in [3.05, 3.63) is 70.8 Å². The minimum absolute atomic E-state index is 0.0388. The lowest BCUT2D eigenvalue weighted by Gasteiger charge is -2.26. The van der Waals surface area contributed by atoms with E-state index in [1.165, 1.54) is 12.1 Å². The van der Waals surface area contributed by atoms with E-state index in [2.05, 4.69) is 0 Å². The van der Waals surface area contributed by atoms with Crippen LogP contribution >= 0.6 is 0 Å². The van der Waals surface area contributed by atoms with Crippen molar-refractivity contribution in [2.75, 3.05) is 0 Å². The van der Waals surface area contributed by atoms with Gasteiger partial charge >= 0.3 is 5.97 Å². The lowest BCUT2D eigenvalue weighted by molar-refractivity contribution is -0.143. The second-order valence-electron chi connectivity index (χ2n) is 5.43. The van der Waals surface area contributed by atoms with Gasteiger partial charge < -0.3 is 5.11 Å². The van der Waals surface area contributed by atoms with Gasteiger partial charge in [0.05, 0.1) is 5.41 Å². The summed E-state index contributed by atoms with van der Waals surface area (Å²) in [4.78, 5) is 11.9. The fourth-order valence-corrected chi connectivity index (χ4v) is 3.18. The van der Waals surface area contributed by atoms with Gasteiger partial charge in [0.2, 0.25) is 0 Å². The number of hydrogen-bond acceptors (Lipinski definition) is 1. The van der Waals surface area contributed by atoms with E-state index in [4.69, 9.17) is 0 Å². The van der Waals surface area contributed by atoms with Gasteiger partial charge in [0.1, 0.15) is 0 Å². The molecule has 21 heavy (non-hydrogen) atoms. The molecule has 1 aliphatic rings. The molecule has 0 heterocycles. The van der Waals surface area contributed by atoms with E-state index < -0.39 is 23.0 Å². The van der Waals surface area contributed by atoms with Crippen LogP contribution in [0.5, 0.6) is 0 Å². The van der Waals surface area contributed by atoms with Gasteiger partial charge in [-0.05, 0) is 42.0 Å². The summed E-state index contributed by atoms with van der Waals surface area (Å²) in [6, 6.07) is 11.2. The lowest BCUT2D eigenvalue weighted by Crippen LogP contribution is -2.36. The molecular formula is C17H14F2O2. The largest absolute Gasteiger partial charge is 0.481 e. The molecule has 2 nitrogen and oxygen atoms in total. The van der Waals surface area contributed by atoms with E-state index in [0.717, 1.165) is 11.6 Å². The normalized spacial score (nSPS) is 20.3. The summed E-state index contributed by atoms with van der Waals surface area (Å²) in [5.41, 5.74) is 0.609. The molecule has 1 unspecified atom stereocenters. The molecule has 0 aromatic heterocycles. The Bertz CT molecular complexity index is 712. The van der Waals surface area contributed by atoms with Crippen molar-refractivity contribution < 1.29 is 18.7 Å². The molecule has 0 saturated heterocycles. The second-order valence-corrected chi connectivity index (χ2v) is 5.43. The first kappa shape index (κ1) is 13.7. The summed E-state index contributed by atoms with van der Waals surface area (Å²) < 4.78 is 27.2. The Kier molecular flexibility index (Phi) is 3.24. The maximum absolute atomic E-state index is 13.9. The van der Waals surface area contributed by atoms with Gasteiger partial charge in [0, 0.05) is 0 Å². The quantitative estimate of drug-likeness (QED) is 0.939. The first-order valence-electron chi connectivity index (χ1n) is 6.79. The van der Waals surface area contributed by atoms with Crippen LogP contribution in [-0.2, 0) is 23.1 Å². The summed E-state index contributed by atoms with van der Waals surface area (Å²) >= 11 is 0. The zero-order valence-corrected chi connectivity index (χ0v) is 11.3. The van der Waals surface area contributed by atoms with Crippen molar-refractivity contribution in [1.82, 2.24) is 0 Å². The minimum Gasteiger partial charge on any atom is -0.481 e. The Balaban J connectivity index is 2.09. The number of carbonyl (C=O) groups is 1. The predicted molar refractivity (Wildman–Crippen MR) is 74.1 cm³/mol. The predicted octanol–water partition coefficient (Wildman–Crippen LogP) is 3.48. The van der Waals surface area contributed by atoms with E-state index in [-0.39, 0.29) is 12.0 Å². The molecule has 2 aromatic carbocycles. The van der Waals surface area contributed by atoms with Crippen molar-refractivity contribution in [1.29, 1.82) is 0 Å². The van der Waals surface area contributed by atoms with Gasteiger partial charge in [0.25, 0.3) is 0 Å². The van der Waals surface area contributed by atoms with Gasteiger partial charge in [0.15, 0.2) is 11.6 Å². The summed E-state index contributed by atoms with van der Waals surface area (Å²) in [6.45, 7) is 0. The Labute approximate surface area is 121 Å². The van der Waals surface area contributed by atoms with E-state index in [0.29, 0.717) is 18.4 Å². The minimum atomic E-state index is -1.18. The Hall–Kier alpha value is -2.23. The fourth-order valence-electron chi connectivity index (χ4n) is 3.18. The van der Waals surface area contributed by atoms with Crippen LogP contribution in [0.2, 0.25) is 0 Å². The molecule has 3 rings (SSSR count). The SMILES string of the molecule is O=C(O)C1(Cc2cccc(F)c2F)CCc2ccccc21. The fraction of sp³-hybridized carbons (Fsp3) is 0.235. The molecule has 0 radical (unpaired) electrons. The molecule has 1 atom stereocenters. The summed E-state index contributed by atoms with van der Waals surface area (Å²) in [6.07, 6.45) is 1.000. The number of aliphatic carboxylic acids is 1. The summed E-state index contributed by atoms with van der Waals surface area (Å²) in [5, 5.41) is 9.72. The Morgan fingerprint density at radius 1 is 1.14 bits per heavy atom. The molecule has 0 aliphatic heterocycles. The van der Waals surface area contributed by atoms with Gasteiger partial charge in [-0.25, -0.2) is 8.78 Å². The molecule has 1 aliphatic carbocycles. The molecule has 0 spiro atoms. The Morgan fingerprint density at radius 2 is 1.90 bits per heavy atom. The number of rotatable bonds is 3. The van der Waals surface area contributed by atoms with Crippen molar-refractivity contribution in [3.63, 3.8) is 0 Å². The number of benzene rings is 2. The molecule has 0 saturated carbocycles. The molecule has 2 aromatic rings. The number of hydrogen-bond donors (Lipinski definition) is 1. The molecule has 0 fully saturated rings. The van der Waals surface area contributed by atoms with Gasteiger partial charge in [-0.15, -0.1) is 0 Å². The average molecular weight is 288 g/mol. The highest BCUT2D eigenvalue weighted by molar-refractivity contribution is 5.83. The molecule has 4 heteroatoms. The Morgan fingerprint density at radius 3 is 2.67 bits per heavy atom. The standard InChI is InChI=1S/C17H14F2O2/c18-14-7-3-5-12(15(14)19)10-17(16(20)21)9-8-11-4-1-2-6-13(11)17/h1-7H,8-10H2,(H,20,21). The first-order valence-corrected chi connectivity index (χ1v) is 6.79. The second kappa shape index (κ2) is 4.95. The molecule has 0 amide bonds. The molecule has 1 N–H and O–H groups in total. The first-order chi connectivity index (χ1) is 10.0. The van der Waals surface area contributed by atoms with Gasteiger partial charge in [-0.1, -0.05) is 36.4 Å². The number of carboxylic acid groups (broad SMARTS) is 1. The van der Waals surface area contributed by atoms with Crippen molar-refractivity contribution in [3.8, 4) is 0 Å². The molecular weight excluding hydrogens is 274 g/mol. The van der Waals surface area contributed by atoms with E-state index >= 15 is 0 Å². The molecule has 108 valence electrons. The van der Waals surface area contributed by atoms with Crippen LogP contribution < -0.4 is 0 Å². The number of halogens is 2. The smallest absolute Gasteiger partial charge is 0.314 e. The van der Waals surface area contributed by atoms with Gasteiger partial charge in [-0.3, -0.25) is 4.79 Å². The zero-order chi connectivity index (χ0) is 15.0. The topological polar surface area (TPSA) is 37.3 Å². The summed E-state index contributed by atoms with van der Waals surface area (Å²) in [5.74, 6) is -2.89.